The van der Waals surface area contributed by atoms with Gasteiger partial charge in [0, 0.05) is 18.1 Å². The third-order valence-electron chi connectivity index (χ3n) is 4.85. The number of methoxy groups -OCH3 is 1. The summed E-state index contributed by atoms with van der Waals surface area (Å²) in [4.78, 5) is 10.5. The van der Waals surface area contributed by atoms with Crippen molar-refractivity contribution in [3.05, 3.63) is 71.1 Å². The van der Waals surface area contributed by atoms with Crippen molar-refractivity contribution in [1.82, 2.24) is 14.9 Å². The van der Waals surface area contributed by atoms with Gasteiger partial charge in [-0.05, 0) is 35.4 Å². The molecule has 0 unspecified atom stereocenters. The van der Waals surface area contributed by atoms with E-state index in [0.29, 0.717) is 6.61 Å². The number of halogens is 1. The molecule has 0 saturated carbocycles. The molecule has 1 fully saturated rings. The number of morpholine rings is 1. The van der Waals surface area contributed by atoms with Crippen LogP contribution in [0.2, 0.25) is 5.02 Å². The molecule has 0 bridgehead atoms. The summed E-state index contributed by atoms with van der Waals surface area (Å²) in [5.41, 5.74) is 3.29. The number of imidazole rings is 1. The van der Waals surface area contributed by atoms with Gasteiger partial charge in [0.15, 0.2) is 0 Å². The fourth-order valence-electron chi connectivity index (χ4n) is 3.33. The predicted octanol–water partition coefficient (Wildman–Crippen LogP) is 4.31. The van der Waals surface area contributed by atoms with E-state index in [0.717, 1.165) is 47.6 Å². The first-order valence-electron chi connectivity index (χ1n) is 8.98. The lowest BCUT2D eigenvalue weighted by Crippen LogP contribution is -2.39. The quantitative estimate of drug-likeness (QED) is 0.713. The van der Waals surface area contributed by atoms with Gasteiger partial charge in [-0.3, -0.25) is 4.90 Å². The van der Waals surface area contributed by atoms with Crippen molar-refractivity contribution in [1.29, 1.82) is 0 Å². The first kappa shape index (κ1) is 18.0. The van der Waals surface area contributed by atoms with Crippen LogP contribution >= 0.6 is 11.6 Å². The summed E-state index contributed by atoms with van der Waals surface area (Å²) in [6.45, 7) is 3.07. The number of benzene rings is 2. The molecule has 2 aromatic carbocycles. The number of hydrogen-bond donors (Lipinski definition) is 1. The van der Waals surface area contributed by atoms with Gasteiger partial charge in [-0.25, -0.2) is 4.98 Å². The lowest BCUT2D eigenvalue weighted by atomic mass is 10.1. The number of aromatic nitrogens is 2. The maximum atomic E-state index is 5.98. The molecule has 1 saturated heterocycles. The SMILES string of the molecule is COc1ccc(CN2CCOC[C@H]2c2ncc(-c3ccc(Cl)cc3)[nH]2)cc1. The summed E-state index contributed by atoms with van der Waals surface area (Å²) in [6, 6.07) is 16.1. The van der Waals surface area contributed by atoms with Crippen LogP contribution in [-0.4, -0.2) is 41.7 Å². The molecule has 0 amide bonds. The van der Waals surface area contributed by atoms with E-state index in [1.54, 1.807) is 7.11 Å². The van der Waals surface area contributed by atoms with Crippen LogP contribution in [0.15, 0.2) is 54.7 Å². The maximum Gasteiger partial charge on any atom is 0.126 e. The Hall–Kier alpha value is -2.34. The Balaban J connectivity index is 1.52. The van der Waals surface area contributed by atoms with Gasteiger partial charge in [-0.15, -0.1) is 0 Å². The topological polar surface area (TPSA) is 50.4 Å². The van der Waals surface area contributed by atoms with Crippen molar-refractivity contribution in [2.24, 2.45) is 0 Å². The van der Waals surface area contributed by atoms with Gasteiger partial charge in [-0.1, -0.05) is 35.9 Å². The summed E-state index contributed by atoms with van der Waals surface area (Å²) in [7, 11) is 1.68. The Morgan fingerprint density at radius 1 is 1.19 bits per heavy atom. The first-order chi connectivity index (χ1) is 13.2. The highest BCUT2D eigenvalue weighted by molar-refractivity contribution is 6.30. The second kappa shape index (κ2) is 8.13. The minimum atomic E-state index is 0.0990. The van der Waals surface area contributed by atoms with Crippen molar-refractivity contribution in [3.8, 4) is 17.0 Å². The van der Waals surface area contributed by atoms with Crippen LogP contribution < -0.4 is 4.74 Å². The van der Waals surface area contributed by atoms with Gasteiger partial charge in [0.1, 0.15) is 11.6 Å². The third-order valence-corrected chi connectivity index (χ3v) is 5.10. The summed E-state index contributed by atoms with van der Waals surface area (Å²) in [5.74, 6) is 1.80. The second-order valence-electron chi connectivity index (χ2n) is 6.60. The molecule has 2 heterocycles. The van der Waals surface area contributed by atoms with Crippen LogP contribution in [0.3, 0.4) is 0 Å². The van der Waals surface area contributed by atoms with Crippen molar-refractivity contribution in [2.75, 3.05) is 26.9 Å². The molecule has 140 valence electrons. The van der Waals surface area contributed by atoms with Crippen LogP contribution in [0, 0.1) is 0 Å². The zero-order chi connectivity index (χ0) is 18.6. The molecule has 1 aliphatic heterocycles. The van der Waals surface area contributed by atoms with Crippen LogP contribution in [0.1, 0.15) is 17.4 Å². The number of hydrogen-bond acceptors (Lipinski definition) is 4. The van der Waals surface area contributed by atoms with Crippen molar-refractivity contribution >= 4 is 11.6 Å². The number of H-pyrrole nitrogens is 1. The zero-order valence-corrected chi connectivity index (χ0v) is 15.9. The van der Waals surface area contributed by atoms with E-state index in [4.69, 9.17) is 21.1 Å². The smallest absolute Gasteiger partial charge is 0.126 e. The summed E-state index contributed by atoms with van der Waals surface area (Å²) in [6.07, 6.45) is 1.87. The number of nitrogens with one attached hydrogen (secondary N) is 1. The molecular formula is C21H22ClN3O2. The van der Waals surface area contributed by atoms with Crippen LogP contribution in [-0.2, 0) is 11.3 Å². The number of nitrogens with zero attached hydrogens (tertiary/aromatic N) is 2. The molecule has 6 heteroatoms. The van der Waals surface area contributed by atoms with Gasteiger partial charge >= 0.3 is 0 Å². The van der Waals surface area contributed by atoms with Crippen LogP contribution in [0.4, 0.5) is 0 Å². The van der Waals surface area contributed by atoms with Crippen molar-refractivity contribution < 1.29 is 9.47 Å². The highest BCUT2D eigenvalue weighted by atomic mass is 35.5. The normalized spacial score (nSPS) is 17.8. The average molecular weight is 384 g/mol. The Kier molecular flexibility index (Phi) is 5.43. The number of aromatic amines is 1. The molecule has 0 radical (unpaired) electrons. The van der Waals surface area contributed by atoms with Gasteiger partial charge in [0.05, 0.1) is 38.3 Å². The van der Waals surface area contributed by atoms with E-state index in [2.05, 4.69) is 27.0 Å². The van der Waals surface area contributed by atoms with E-state index < -0.39 is 0 Å². The minimum Gasteiger partial charge on any atom is -0.497 e. The molecular weight excluding hydrogens is 362 g/mol. The summed E-state index contributed by atoms with van der Waals surface area (Å²) < 4.78 is 11.0. The standard InChI is InChI=1S/C21H22ClN3O2/c1-26-18-8-2-15(3-9-18)13-25-10-11-27-14-20(25)21-23-12-19(24-21)16-4-6-17(22)7-5-16/h2-9,12,20H,10-11,13-14H2,1H3,(H,23,24)/t20-/m0/s1. The molecule has 1 aliphatic rings. The Morgan fingerprint density at radius 2 is 1.96 bits per heavy atom. The molecule has 4 rings (SSSR count). The number of rotatable bonds is 5. The lowest BCUT2D eigenvalue weighted by Gasteiger charge is -2.34. The highest BCUT2D eigenvalue weighted by Crippen LogP contribution is 2.27. The zero-order valence-electron chi connectivity index (χ0n) is 15.2. The number of ether oxygens (including phenoxy) is 2. The Labute approximate surface area is 163 Å². The van der Waals surface area contributed by atoms with E-state index in [1.165, 1.54) is 5.56 Å². The van der Waals surface area contributed by atoms with Crippen LogP contribution in [0.5, 0.6) is 5.75 Å². The predicted molar refractivity (Wildman–Crippen MR) is 106 cm³/mol. The van der Waals surface area contributed by atoms with Gasteiger partial charge in [0.2, 0.25) is 0 Å². The first-order valence-corrected chi connectivity index (χ1v) is 9.36. The molecule has 0 spiro atoms. The van der Waals surface area contributed by atoms with E-state index >= 15 is 0 Å². The molecule has 27 heavy (non-hydrogen) atoms. The summed E-state index contributed by atoms with van der Waals surface area (Å²) in [5, 5.41) is 0.727. The van der Waals surface area contributed by atoms with E-state index in [-0.39, 0.29) is 6.04 Å². The third kappa shape index (κ3) is 4.16. The molecule has 1 atom stereocenters. The maximum absolute atomic E-state index is 5.98. The van der Waals surface area contributed by atoms with Crippen molar-refractivity contribution in [3.63, 3.8) is 0 Å². The highest BCUT2D eigenvalue weighted by Gasteiger charge is 2.27. The average Bonchev–Trinajstić information content (AvgIpc) is 3.19. The van der Waals surface area contributed by atoms with Gasteiger partial charge in [0.25, 0.3) is 0 Å². The summed E-state index contributed by atoms with van der Waals surface area (Å²) >= 11 is 5.98. The monoisotopic (exact) mass is 383 g/mol. The molecule has 0 aliphatic carbocycles. The van der Waals surface area contributed by atoms with Crippen LogP contribution in [0.25, 0.3) is 11.3 Å². The second-order valence-corrected chi connectivity index (χ2v) is 7.03. The lowest BCUT2D eigenvalue weighted by molar-refractivity contribution is -0.0156. The van der Waals surface area contributed by atoms with Gasteiger partial charge < -0.3 is 14.5 Å². The molecule has 1 aromatic heterocycles. The Bertz CT molecular complexity index is 877. The van der Waals surface area contributed by atoms with Crippen molar-refractivity contribution in [2.45, 2.75) is 12.6 Å². The van der Waals surface area contributed by atoms with E-state index in [1.807, 2.05) is 42.6 Å². The molecule has 1 N–H and O–H groups in total. The largest absolute Gasteiger partial charge is 0.497 e. The minimum absolute atomic E-state index is 0.0990. The molecule has 5 nitrogen and oxygen atoms in total. The Morgan fingerprint density at radius 3 is 2.70 bits per heavy atom. The fourth-order valence-corrected chi connectivity index (χ4v) is 3.45. The van der Waals surface area contributed by atoms with Gasteiger partial charge in [-0.2, -0.15) is 0 Å². The molecule has 3 aromatic rings. The van der Waals surface area contributed by atoms with E-state index in [9.17, 15) is 0 Å². The fraction of sp³-hybridized carbons (Fsp3) is 0.286.